The van der Waals surface area contributed by atoms with Gasteiger partial charge in [0.1, 0.15) is 11.5 Å². The molecule has 0 spiro atoms. The molecule has 7 aliphatic rings. The molecule has 0 N–H and O–H groups in total. The van der Waals surface area contributed by atoms with Crippen molar-refractivity contribution in [1.29, 1.82) is 0 Å². The predicted octanol–water partition coefficient (Wildman–Crippen LogP) is 28.1. The largest absolute Gasteiger partial charge is 0.481 e. The zero-order valence-corrected chi connectivity index (χ0v) is 78.1. The van der Waals surface area contributed by atoms with E-state index in [9.17, 15) is 14.4 Å². The molecule has 7 nitrogen and oxygen atoms in total. The number of carbonyl (C=O) groups is 3. The molecule has 638 valence electrons. The first-order valence-electron chi connectivity index (χ1n) is 44.7. The molecule has 0 aromatic heterocycles. The highest BCUT2D eigenvalue weighted by Crippen LogP contribution is 2.63. The first-order valence-corrected chi connectivity index (χ1v) is 49.6. The van der Waals surface area contributed by atoms with Gasteiger partial charge in [-0.3, -0.25) is 9.59 Å². The minimum atomic E-state index is -1.07. The van der Waals surface area contributed by atoms with E-state index in [2.05, 4.69) is 386 Å². The Kier molecular flexibility index (Phi) is 26.6. The molecule has 0 amide bonds. The topological polar surface area (TPSA) is 88.1 Å². The predicted molar refractivity (Wildman–Crippen MR) is 514 cm³/mol. The summed E-state index contributed by atoms with van der Waals surface area (Å²) < 4.78 is 23.5. The number of hydrogen-bond acceptors (Lipinski definition) is 7. The molecule has 125 heavy (non-hydrogen) atoms. The van der Waals surface area contributed by atoms with Crippen molar-refractivity contribution in [3.05, 3.63) is 360 Å². The average Bonchev–Trinajstić information content (AvgIpc) is 1.56. The molecule has 1 aliphatic heterocycles. The van der Waals surface area contributed by atoms with Crippen molar-refractivity contribution in [2.45, 2.75) is 235 Å². The van der Waals surface area contributed by atoms with Gasteiger partial charge in [-0.1, -0.05) is 238 Å². The molecular weight excluding hydrogens is 1610 g/mol. The van der Waals surface area contributed by atoms with Gasteiger partial charge in [-0.2, -0.15) is 0 Å². The normalized spacial score (nSPS) is 20.2. The van der Waals surface area contributed by atoms with Crippen molar-refractivity contribution in [2.24, 2.45) is 40.9 Å². The van der Waals surface area contributed by atoms with Crippen LogP contribution >= 0.6 is 0 Å². The summed E-state index contributed by atoms with van der Waals surface area (Å²) in [7, 11) is -0.677. The van der Waals surface area contributed by atoms with Crippen LogP contribution < -0.4 is 9.47 Å². The number of hydrogen-bond donors (Lipinski definition) is 0. The Balaban J connectivity index is 0.000000124. The number of benzene rings is 13. The van der Waals surface area contributed by atoms with Crippen LogP contribution in [0.2, 0.25) is 0 Å². The Morgan fingerprint density at radius 2 is 0.680 bits per heavy atom. The van der Waals surface area contributed by atoms with Crippen molar-refractivity contribution in [2.75, 3.05) is 6.61 Å². The van der Waals surface area contributed by atoms with Gasteiger partial charge in [0.15, 0.2) is 65.4 Å². The van der Waals surface area contributed by atoms with E-state index < -0.39 is 11.8 Å². The molecule has 6 aliphatic carbocycles. The van der Waals surface area contributed by atoms with Crippen LogP contribution in [0.15, 0.2) is 380 Å². The molecule has 6 bridgehead atoms. The van der Waals surface area contributed by atoms with Crippen LogP contribution in [0.1, 0.15) is 165 Å². The molecule has 6 saturated carbocycles. The molecule has 0 radical (unpaired) electrons. The lowest BCUT2D eigenvalue weighted by molar-refractivity contribution is -0.223. The van der Waals surface area contributed by atoms with Crippen molar-refractivity contribution in [3.63, 3.8) is 0 Å². The Bertz CT molecular complexity index is 5540. The Hall–Kier alpha value is -10.3. The second kappa shape index (κ2) is 37.7. The van der Waals surface area contributed by atoms with E-state index in [1.807, 2.05) is 26.0 Å². The molecule has 4 atom stereocenters. The van der Waals surface area contributed by atoms with Gasteiger partial charge >= 0.3 is 17.9 Å². The van der Waals surface area contributed by atoms with Crippen molar-refractivity contribution >= 4 is 72.3 Å². The van der Waals surface area contributed by atoms with E-state index in [1.165, 1.54) is 125 Å². The Morgan fingerprint density at radius 1 is 0.352 bits per heavy atom. The van der Waals surface area contributed by atoms with Crippen LogP contribution in [0, 0.1) is 68.6 Å². The molecule has 11 heteroatoms. The SMILES string of the molecule is CC(C)(C)c1ccc([S+](c2ccc(C(C)(C)C)cc2)c2ccc(C(C)(C)C)cc2)cc1.Cc1cc([S+](c2ccccc2)c2ccccc2)cc(C)c1OC(=O)CC12CC3CC(CC(C3)C1)C2.Cc1cc([S+](c2ccccc2)c2ccccc2)cc(C)c1OCC(=O)OC12CC3CC(C(=O)O1)C2C3.c1ccc([S+](c2ccccc2)c2cccc3ccccc23)cc1. The fourth-order valence-electron chi connectivity index (χ4n) is 20.5. The highest BCUT2D eigenvalue weighted by atomic mass is 32.2. The summed E-state index contributed by atoms with van der Waals surface area (Å²) in [5.41, 5.74) is 8.87. The van der Waals surface area contributed by atoms with Gasteiger partial charge < -0.3 is 18.9 Å². The van der Waals surface area contributed by atoms with Crippen molar-refractivity contribution in [3.8, 4) is 11.5 Å². The molecule has 13 aromatic rings. The maximum Gasteiger partial charge on any atom is 0.347 e. The summed E-state index contributed by atoms with van der Waals surface area (Å²) in [5, 5.41) is 2.64. The lowest BCUT2D eigenvalue weighted by Crippen LogP contribution is -2.47. The Morgan fingerprint density at radius 3 is 1.06 bits per heavy atom. The van der Waals surface area contributed by atoms with Gasteiger partial charge in [0.25, 0.3) is 5.79 Å². The van der Waals surface area contributed by atoms with Crippen LogP contribution in [-0.4, -0.2) is 30.3 Å². The molecule has 4 unspecified atom stereocenters. The van der Waals surface area contributed by atoms with E-state index >= 15 is 0 Å². The van der Waals surface area contributed by atoms with Crippen LogP contribution in [0.5, 0.6) is 11.5 Å². The molecule has 1 heterocycles. The second-order valence-electron chi connectivity index (χ2n) is 38.5. The standard InChI is InChI=1S/C32H35O2S.C30H29O5S.C30H39S.C22H17S/c1-22-13-29(35(27-9-5-3-6-10-27)28-11-7-4-8-12-28)14-23(2)31(22)34-30(33)21-32-18-24-15-25(19-32)17-26(16-24)20-32;1-19-13-24(36(22-9-5-3-6-10-22)23-11-7-4-8-12-23)14-20(2)28(19)33-18-27(31)34-30-17-21-15-25(26(30)16-21)29(32)35-30;1-28(2,3)22-10-16-25(17-11-22)31(26-18-12-23(13-19-26)29(4,5)6)27-20-14-24(15-21-27)30(7,8)9;1-3-12-19(13-4-1)23(20-14-5-2-6-15-20)22-17-9-11-18-10-7-8-16-21(18)22/h3-14,24-26H,15-21H2,1-2H3;3-14,21,25-26H,15-18H2,1-2H3;10-21H,1-9H3;1-17H/q4*+1. The Labute approximate surface area is 754 Å². The number of fused-ring (bicyclic) bond motifs is 2. The number of carbonyl (C=O) groups excluding carboxylic acids is 3. The van der Waals surface area contributed by atoms with Gasteiger partial charge in [0, 0.05) is 36.1 Å². The maximum absolute atomic E-state index is 13.2. The maximum atomic E-state index is 13.2. The third kappa shape index (κ3) is 20.3. The summed E-state index contributed by atoms with van der Waals surface area (Å²) in [6.07, 6.45) is 10.9. The smallest absolute Gasteiger partial charge is 0.347 e. The summed E-state index contributed by atoms with van der Waals surface area (Å²) in [6.45, 7) is 28.4. The lowest BCUT2D eigenvalue weighted by Gasteiger charge is -2.56. The zero-order chi connectivity index (χ0) is 87.4. The van der Waals surface area contributed by atoms with E-state index in [4.69, 9.17) is 18.9 Å². The first kappa shape index (κ1) is 88.2. The summed E-state index contributed by atoms with van der Waals surface area (Å²) in [5.74, 6) is 2.47. The third-order valence-corrected chi connectivity index (χ3v) is 34.8. The summed E-state index contributed by atoms with van der Waals surface area (Å²) in [4.78, 5) is 54.0. The highest BCUT2D eigenvalue weighted by Gasteiger charge is 2.68. The van der Waals surface area contributed by atoms with Crippen LogP contribution in [-0.2, 0) is 83.7 Å². The average molecular weight is 1730 g/mol. The van der Waals surface area contributed by atoms with Crippen molar-refractivity contribution < 1.29 is 33.3 Å². The number of ether oxygens (including phenoxy) is 4. The van der Waals surface area contributed by atoms with E-state index in [-0.39, 0.29) is 95.6 Å². The van der Waals surface area contributed by atoms with E-state index in [1.54, 1.807) is 0 Å². The van der Waals surface area contributed by atoms with Gasteiger partial charge in [0.05, 0.1) is 61.8 Å². The van der Waals surface area contributed by atoms with Crippen LogP contribution in [0.25, 0.3) is 10.8 Å². The molecule has 13 aromatic carbocycles. The van der Waals surface area contributed by atoms with Crippen LogP contribution in [0.3, 0.4) is 0 Å². The molecular formula is C114H120O7S4+4. The number of esters is 3. The van der Waals surface area contributed by atoms with E-state index in [0.717, 1.165) is 58.6 Å². The fourth-order valence-corrected chi connectivity index (χ4v) is 29.3. The monoisotopic (exact) mass is 1730 g/mol. The second-order valence-corrected chi connectivity index (χ2v) is 46.6. The van der Waals surface area contributed by atoms with Crippen LogP contribution in [0.4, 0.5) is 0 Å². The third-order valence-electron chi connectivity index (χ3n) is 25.9. The highest BCUT2D eigenvalue weighted by molar-refractivity contribution is 7.98. The van der Waals surface area contributed by atoms with Gasteiger partial charge in [-0.15, -0.1) is 0 Å². The van der Waals surface area contributed by atoms with Gasteiger partial charge in [-0.25, -0.2) is 4.79 Å². The molecule has 20 rings (SSSR count). The first-order chi connectivity index (χ1) is 60.1. The summed E-state index contributed by atoms with van der Waals surface area (Å²) >= 11 is 0. The van der Waals surface area contributed by atoms with Gasteiger partial charge in [0.2, 0.25) is 0 Å². The van der Waals surface area contributed by atoms with E-state index in [0.29, 0.717) is 24.5 Å². The fraction of sp³-hybridized carbons (Fsp3) is 0.307. The summed E-state index contributed by atoms with van der Waals surface area (Å²) in [6, 6.07) is 116. The van der Waals surface area contributed by atoms with Crippen molar-refractivity contribution in [1.82, 2.24) is 0 Å². The number of rotatable bonds is 19. The molecule has 1 saturated heterocycles. The zero-order valence-electron chi connectivity index (χ0n) is 74.8. The quantitative estimate of drug-likeness (QED) is 0.0453. The minimum Gasteiger partial charge on any atom is -0.481 e. The lowest BCUT2D eigenvalue weighted by atomic mass is 9.49. The number of aryl methyl sites for hydroxylation is 4. The molecule has 7 fully saturated rings. The minimum absolute atomic E-state index is 0.00407. The van der Waals surface area contributed by atoms with Gasteiger partial charge in [-0.05, 0) is 290 Å².